The lowest BCUT2D eigenvalue weighted by Gasteiger charge is -2.42. The number of hydrogen-bond donors (Lipinski definition) is 2. The molecule has 0 unspecified atom stereocenters. The molecule has 1 amide bonds. The third kappa shape index (κ3) is 4.01. The molecule has 0 spiro atoms. The molecule has 0 saturated heterocycles. The molecule has 3 rings (SSSR count). The highest BCUT2D eigenvalue weighted by molar-refractivity contribution is 6.06. The first kappa shape index (κ1) is 19.9. The van der Waals surface area contributed by atoms with Crippen LogP contribution in [0.3, 0.4) is 0 Å². The van der Waals surface area contributed by atoms with Crippen LogP contribution >= 0.6 is 0 Å². The molecule has 2 aromatic rings. The molecule has 146 valence electrons. The van der Waals surface area contributed by atoms with Crippen LogP contribution in [0.1, 0.15) is 67.6 Å². The van der Waals surface area contributed by atoms with Gasteiger partial charge in [0.25, 0.3) is 0 Å². The maximum absolute atomic E-state index is 12.3. The molecule has 2 aromatic carbocycles. The first-order chi connectivity index (χ1) is 13.1. The van der Waals surface area contributed by atoms with E-state index < -0.39 is 5.97 Å². The van der Waals surface area contributed by atoms with Crippen molar-refractivity contribution >= 4 is 23.6 Å². The average molecular weight is 377 g/mol. The molecule has 0 saturated carbocycles. The van der Waals surface area contributed by atoms with Gasteiger partial charge in [-0.15, -0.1) is 0 Å². The summed E-state index contributed by atoms with van der Waals surface area (Å²) in [7, 11) is 0. The summed E-state index contributed by atoms with van der Waals surface area (Å²) in [6.07, 6.45) is 5.51. The highest BCUT2D eigenvalue weighted by Crippen LogP contribution is 2.45. The van der Waals surface area contributed by atoms with Crippen molar-refractivity contribution in [3.8, 4) is 0 Å². The number of carboxylic acids is 1. The van der Waals surface area contributed by atoms with Crippen LogP contribution in [0.5, 0.6) is 0 Å². The summed E-state index contributed by atoms with van der Waals surface area (Å²) in [5, 5.41) is 11.9. The lowest BCUT2D eigenvalue weighted by Crippen LogP contribution is -2.33. The van der Waals surface area contributed by atoms with Crippen molar-refractivity contribution in [3.63, 3.8) is 0 Å². The van der Waals surface area contributed by atoms with Gasteiger partial charge in [0.05, 0.1) is 11.3 Å². The van der Waals surface area contributed by atoms with E-state index in [9.17, 15) is 14.7 Å². The molecule has 0 radical (unpaired) electrons. The van der Waals surface area contributed by atoms with E-state index in [2.05, 4.69) is 45.1 Å². The summed E-state index contributed by atoms with van der Waals surface area (Å²) in [6, 6.07) is 12.8. The summed E-state index contributed by atoms with van der Waals surface area (Å²) in [5.74, 6) is -1.43. The number of anilines is 1. The topological polar surface area (TPSA) is 66.4 Å². The Balaban J connectivity index is 1.82. The predicted molar refractivity (Wildman–Crippen MR) is 113 cm³/mol. The van der Waals surface area contributed by atoms with Gasteiger partial charge in [-0.1, -0.05) is 58.0 Å². The molecule has 0 atom stereocenters. The van der Waals surface area contributed by atoms with Gasteiger partial charge in [-0.2, -0.15) is 0 Å². The number of carbonyl (C=O) groups is 2. The molecular weight excluding hydrogens is 350 g/mol. The molecule has 4 heteroatoms. The molecule has 4 nitrogen and oxygen atoms in total. The van der Waals surface area contributed by atoms with Gasteiger partial charge >= 0.3 is 5.97 Å². The van der Waals surface area contributed by atoms with Crippen molar-refractivity contribution in [1.29, 1.82) is 0 Å². The lowest BCUT2D eigenvalue weighted by molar-refractivity contribution is -0.111. The van der Waals surface area contributed by atoms with Gasteiger partial charge < -0.3 is 10.4 Å². The SMILES string of the molecule is CC1(C)CCC(C)(C)c2cc(/C=C/C(=O)Nc3ccccc3C(=O)O)ccc21. The number of carboxylic acid groups (broad SMARTS) is 1. The fourth-order valence-corrected chi connectivity index (χ4v) is 3.83. The number of aromatic carboxylic acids is 1. The molecule has 0 fully saturated rings. The lowest BCUT2D eigenvalue weighted by atomic mass is 9.63. The highest BCUT2D eigenvalue weighted by atomic mass is 16.4. The molecule has 1 aliphatic rings. The van der Waals surface area contributed by atoms with Crippen molar-refractivity contribution in [3.05, 3.63) is 70.8 Å². The van der Waals surface area contributed by atoms with Crippen molar-refractivity contribution in [2.45, 2.75) is 51.4 Å². The third-order valence-corrected chi connectivity index (χ3v) is 5.72. The van der Waals surface area contributed by atoms with Gasteiger partial charge in [0.2, 0.25) is 5.91 Å². The number of hydrogen-bond acceptors (Lipinski definition) is 2. The summed E-state index contributed by atoms with van der Waals surface area (Å²) in [6.45, 7) is 9.10. The second-order valence-electron chi connectivity index (χ2n) is 8.75. The van der Waals surface area contributed by atoms with Gasteiger partial charge in [-0.25, -0.2) is 4.79 Å². The molecule has 0 bridgehead atoms. The minimum absolute atomic E-state index is 0.0713. The maximum Gasteiger partial charge on any atom is 0.337 e. The molecule has 2 N–H and O–H groups in total. The Morgan fingerprint density at radius 2 is 1.61 bits per heavy atom. The van der Waals surface area contributed by atoms with Crippen LogP contribution in [0.25, 0.3) is 6.08 Å². The third-order valence-electron chi connectivity index (χ3n) is 5.72. The molecule has 0 heterocycles. The fourth-order valence-electron chi connectivity index (χ4n) is 3.83. The largest absolute Gasteiger partial charge is 0.478 e. The Morgan fingerprint density at radius 3 is 2.29 bits per heavy atom. The van der Waals surface area contributed by atoms with E-state index in [0.717, 1.165) is 18.4 Å². The van der Waals surface area contributed by atoms with Gasteiger partial charge in [0, 0.05) is 6.08 Å². The summed E-state index contributed by atoms with van der Waals surface area (Å²) < 4.78 is 0. The van der Waals surface area contributed by atoms with Crippen molar-refractivity contribution in [2.75, 3.05) is 5.32 Å². The molecule has 0 aliphatic heterocycles. The quantitative estimate of drug-likeness (QED) is 0.703. The number of benzene rings is 2. The predicted octanol–water partition coefficient (Wildman–Crippen LogP) is 5.39. The summed E-state index contributed by atoms with van der Waals surface area (Å²) in [5.41, 5.74) is 4.30. The van der Waals surface area contributed by atoms with Crippen LogP contribution in [-0.4, -0.2) is 17.0 Å². The van der Waals surface area contributed by atoms with Crippen LogP contribution in [-0.2, 0) is 15.6 Å². The average Bonchev–Trinajstić information content (AvgIpc) is 2.64. The van der Waals surface area contributed by atoms with Crippen LogP contribution in [0.2, 0.25) is 0 Å². The first-order valence-electron chi connectivity index (χ1n) is 9.57. The zero-order valence-electron chi connectivity index (χ0n) is 16.9. The van der Waals surface area contributed by atoms with Crippen LogP contribution < -0.4 is 5.32 Å². The monoisotopic (exact) mass is 377 g/mol. The van der Waals surface area contributed by atoms with Gasteiger partial charge in [-0.05, 0) is 58.6 Å². The fraction of sp³-hybridized carbons (Fsp3) is 0.333. The first-order valence-corrected chi connectivity index (χ1v) is 9.57. The second-order valence-corrected chi connectivity index (χ2v) is 8.75. The smallest absolute Gasteiger partial charge is 0.337 e. The minimum atomic E-state index is -1.07. The Bertz CT molecular complexity index is 954. The van der Waals surface area contributed by atoms with Crippen LogP contribution in [0.15, 0.2) is 48.5 Å². The zero-order valence-corrected chi connectivity index (χ0v) is 16.9. The number of nitrogens with one attached hydrogen (secondary N) is 1. The number of para-hydroxylation sites is 1. The second kappa shape index (κ2) is 7.27. The number of rotatable bonds is 4. The van der Waals surface area contributed by atoms with E-state index >= 15 is 0 Å². The van der Waals surface area contributed by atoms with Crippen molar-refractivity contribution < 1.29 is 14.7 Å². The Hall–Kier alpha value is -2.88. The summed E-state index contributed by atoms with van der Waals surface area (Å²) in [4.78, 5) is 23.6. The summed E-state index contributed by atoms with van der Waals surface area (Å²) >= 11 is 0. The Labute approximate surface area is 166 Å². The molecule has 0 aromatic heterocycles. The van der Waals surface area contributed by atoms with Crippen molar-refractivity contribution in [2.24, 2.45) is 0 Å². The van der Waals surface area contributed by atoms with E-state index in [-0.39, 0.29) is 28.0 Å². The zero-order chi connectivity index (χ0) is 20.5. The van der Waals surface area contributed by atoms with Crippen LogP contribution in [0, 0.1) is 0 Å². The normalized spacial score (nSPS) is 17.1. The van der Waals surface area contributed by atoms with Gasteiger partial charge in [-0.3, -0.25) is 4.79 Å². The number of fused-ring (bicyclic) bond motifs is 1. The molecule has 28 heavy (non-hydrogen) atoms. The van der Waals surface area contributed by atoms with E-state index in [1.165, 1.54) is 23.3 Å². The maximum atomic E-state index is 12.3. The van der Waals surface area contributed by atoms with Crippen molar-refractivity contribution in [1.82, 2.24) is 0 Å². The van der Waals surface area contributed by atoms with Crippen LogP contribution in [0.4, 0.5) is 5.69 Å². The Kier molecular flexibility index (Phi) is 5.16. The Morgan fingerprint density at radius 1 is 0.964 bits per heavy atom. The van der Waals surface area contributed by atoms with E-state index in [1.807, 2.05) is 6.07 Å². The van der Waals surface area contributed by atoms with E-state index in [1.54, 1.807) is 24.3 Å². The van der Waals surface area contributed by atoms with E-state index in [0.29, 0.717) is 0 Å². The minimum Gasteiger partial charge on any atom is -0.478 e. The molecular formula is C24H27NO3. The van der Waals surface area contributed by atoms with Gasteiger partial charge in [0.15, 0.2) is 0 Å². The number of amides is 1. The molecule has 1 aliphatic carbocycles. The van der Waals surface area contributed by atoms with Gasteiger partial charge in [0.1, 0.15) is 0 Å². The standard InChI is InChI=1S/C24H27NO3/c1-23(2)13-14-24(3,4)19-15-16(9-11-18(19)23)10-12-21(26)25-20-8-6-5-7-17(20)22(27)28/h5-12,15H,13-14H2,1-4H3,(H,25,26)(H,27,28)/b12-10+. The number of carbonyl (C=O) groups excluding carboxylic acids is 1. The highest BCUT2D eigenvalue weighted by Gasteiger charge is 2.36. The van der Waals surface area contributed by atoms with E-state index in [4.69, 9.17) is 0 Å².